The molecule has 3 aromatic rings. The molecule has 0 aliphatic rings. The van der Waals surface area contributed by atoms with Gasteiger partial charge in [0.25, 0.3) is 0 Å². The molecule has 3 rings (SSSR count). The number of carbonyl (C=O) groups is 1. The fourth-order valence-electron chi connectivity index (χ4n) is 3.84. The first-order valence-corrected chi connectivity index (χ1v) is 12.7. The quantitative estimate of drug-likeness (QED) is 0.470. The number of anilines is 1. The van der Waals surface area contributed by atoms with Gasteiger partial charge in [-0.05, 0) is 55.5 Å². The molecule has 0 saturated heterocycles. The van der Waals surface area contributed by atoms with E-state index in [9.17, 15) is 13.2 Å². The van der Waals surface area contributed by atoms with E-state index in [2.05, 4.69) is 5.32 Å². The topological polar surface area (TPSA) is 66.5 Å². The minimum Gasteiger partial charge on any atom is -0.324 e. The zero-order chi connectivity index (χ0) is 24.0. The summed E-state index contributed by atoms with van der Waals surface area (Å²) < 4.78 is 28.3. The molecule has 174 valence electrons. The lowest BCUT2D eigenvalue weighted by Gasteiger charge is -2.23. The van der Waals surface area contributed by atoms with Crippen LogP contribution >= 0.6 is 0 Å². The summed E-state index contributed by atoms with van der Waals surface area (Å²) >= 11 is 0. The lowest BCUT2D eigenvalue weighted by atomic mass is 10.0. The predicted octanol–water partition coefficient (Wildman–Crippen LogP) is 5.26. The number of rotatable bonds is 9. The zero-order valence-electron chi connectivity index (χ0n) is 19.8. The monoisotopic (exact) mass is 464 g/mol. The Morgan fingerprint density at radius 3 is 2.03 bits per heavy atom. The summed E-state index contributed by atoms with van der Waals surface area (Å²) in [4.78, 5) is 13.3. The van der Waals surface area contributed by atoms with Crippen LogP contribution in [-0.4, -0.2) is 25.2 Å². The molecule has 0 heterocycles. The minimum atomic E-state index is -3.88. The van der Waals surface area contributed by atoms with Crippen molar-refractivity contribution in [1.29, 1.82) is 0 Å². The summed E-state index contributed by atoms with van der Waals surface area (Å²) in [6.07, 6.45) is 1.55. The number of aryl methyl sites for hydroxylation is 4. The van der Waals surface area contributed by atoms with Crippen molar-refractivity contribution in [3.63, 3.8) is 0 Å². The van der Waals surface area contributed by atoms with Crippen molar-refractivity contribution in [3.8, 4) is 0 Å². The van der Waals surface area contributed by atoms with Gasteiger partial charge in [-0.2, -0.15) is 4.31 Å². The van der Waals surface area contributed by atoms with E-state index < -0.39 is 10.0 Å². The lowest BCUT2D eigenvalue weighted by molar-refractivity contribution is -0.116. The Bertz CT molecular complexity index is 1200. The summed E-state index contributed by atoms with van der Waals surface area (Å²) in [5.74, 6) is -0.353. The van der Waals surface area contributed by atoms with Crippen molar-refractivity contribution in [2.45, 2.75) is 52.0 Å². The number of nitrogens with one attached hydrogen (secondary N) is 1. The fraction of sp³-hybridized carbons (Fsp3) is 0.296. The third-order valence-corrected chi connectivity index (χ3v) is 7.49. The second-order valence-corrected chi connectivity index (χ2v) is 10.2. The molecular formula is C27H32N2O3S. The second kappa shape index (κ2) is 10.8. The Morgan fingerprint density at radius 2 is 1.45 bits per heavy atom. The van der Waals surface area contributed by atoms with Gasteiger partial charge in [0.15, 0.2) is 0 Å². The highest BCUT2D eigenvalue weighted by Crippen LogP contribution is 2.24. The summed E-state index contributed by atoms with van der Waals surface area (Å²) in [5, 5.41) is 3.00. The number of amides is 1. The first-order chi connectivity index (χ1) is 15.7. The van der Waals surface area contributed by atoms with E-state index in [0.717, 1.165) is 46.3 Å². The molecule has 6 heteroatoms. The van der Waals surface area contributed by atoms with Crippen LogP contribution in [0.3, 0.4) is 0 Å². The fourth-order valence-corrected chi connectivity index (χ4v) is 5.23. The summed E-state index contributed by atoms with van der Waals surface area (Å²) in [6.45, 7) is 7.78. The lowest BCUT2D eigenvalue weighted by Crippen LogP contribution is -2.37. The van der Waals surface area contributed by atoms with Crippen molar-refractivity contribution in [2.75, 3.05) is 11.9 Å². The van der Waals surface area contributed by atoms with Gasteiger partial charge in [0.05, 0.1) is 11.4 Å². The Morgan fingerprint density at radius 1 is 0.848 bits per heavy atom. The Balaban J connectivity index is 1.93. The molecule has 1 amide bonds. The molecule has 0 atom stereocenters. The number of benzene rings is 3. The zero-order valence-corrected chi connectivity index (χ0v) is 20.6. The van der Waals surface area contributed by atoms with E-state index in [-0.39, 0.29) is 23.9 Å². The average molecular weight is 465 g/mol. The van der Waals surface area contributed by atoms with Crippen molar-refractivity contribution in [3.05, 3.63) is 94.5 Å². The van der Waals surface area contributed by atoms with Gasteiger partial charge < -0.3 is 5.32 Å². The van der Waals surface area contributed by atoms with Crippen molar-refractivity contribution in [2.24, 2.45) is 0 Å². The number of sulfonamides is 1. The number of nitrogens with zero attached hydrogens (tertiary/aromatic N) is 1. The van der Waals surface area contributed by atoms with Gasteiger partial charge in [-0.3, -0.25) is 4.79 Å². The van der Waals surface area contributed by atoms with E-state index in [1.807, 2.05) is 70.2 Å². The first-order valence-electron chi connectivity index (χ1n) is 11.3. The van der Waals surface area contributed by atoms with Gasteiger partial charge in [-0.25, -0.2) is 8.42 Å². The van der Waals surface area contributed by atoms with Crippen LogP contribution in [0.4, 0.5) is 5.69 Å². The van der Waals surface area contributed by atoms with E-state index in [1.54, 1.807) is 24.3 Å². The van der Waals surface area contributed by atoms with E-state index in [0.29, 0.717) is 0 Å². The van der Waals surface area contributed by atoms with Crippen molar-refractivity contribution < 1.29 is 13.2 Å². The third-order valence-electron chi connectivity index (χ3n) is 5.68. The largest absolute Gasteiger partial charge is 0.324 e. The molecule has 0 saturated carbocycles. The van der Waals surface area contributed by atoms with Gasteiger partial charge in [-0.1, -0.05) is 79.6 Å². The van der Waals surface area contributed by atoms with Crippen LogP contribution in [0.5, 0.6) is 0 Å². The smallest absolute Gasteiger partial charge is 0.243 e. The average Bonchev–Trinajstić information content (AvgIpc) is 2.79. The molecule has 0 radical (unpaired) electrons. The van der Waals surface area contributed by atoms with E-state index in [4.69, 9.17) is 0 Å². The van der Waals surface area contributed by atoms with E-state index in [1.165, 1.54) is 4.31 Å². The molecule has 1 N–H and O–H groups in total. The molecule has 0 bridgehead atoms. The summed E-state index contributed by atoms with van der Waals surface area (Å²) in [5.41, 5.74) is 5.70. The van der Waals surface area contributed by atoms with Crippen LogP contribution in [0.25, 0.3) is 0 Å². The highest BCUT2D eigenvalue weighted by Gasteiger charge is 2.27. The Kier molecular flexibility index (Phi) is 8.06. The van der Waals surface area contributed by atoms with Crippen LogP contribution < -0.4 is 5.32 Å². The third kappa shape index (κ3) is 6.09. The van der Waals surface area contributed by atoms with Crippen LogP contribution in [-0.2, 0) is 34.2 Å². The van der Waals surface area contributed by atoms with Crippen LogP contribution in [0.2, 0.25) is 0 Å². The van der Waals surface area contributed by atoms with Gasteiger partial charge in [0.1, 0.15) is 0 Å². The Hall–Kier alpha value is -2.96. The molecule has 0 aliphatic heterocycles. The highest BCUT2D eigenvalue weighted by atomic mass is 32.2. The number of hydrogen-bond acceptors (Lipinski definition) is 3. The number of carbonyl (C=O) groups excluding carboxylic acids is 1. The Labute approximate surface area is 197 Å². The van der Waals surface area contributed by atoms with Crippen LogP contribution in [0.1, 0.15) is 41.7 Å². The van der Waals surface area contributed by atoms with Gasteiger partial charge in [0.2, 0.25) is 15.9 Å². The maximum Gasteiger partial charge on any atom is 0.243 e. The number of hydrogen-bond donors (Lipinski definition) is 1. The molecule has 5 nitrogen and oxygen atoms in total. The van der Waals surface area contributed by atoms with Crippen LogP contribution in [0, 0.1) is 13.8 Å². The molecule has 0 spiro atoms. The normalized spacial score (nSPS) is 11.5. The maximum atomic E-state index is 13.5. The van der Waals surface area contributed by atoms with Crippen molar-refractivity contribution >= 4 is 21.6 Å². The van der Waals surface area contributed by atoms with Crippen molar-refractivity contribution in [1.82, 2.24) is 4.31 Å². The number of para-hydroxylation sites is 1. The molecule has 3 aromatic carbocycles. The van der Waals surface area contributed by atoms with Gasteiger partial charge >= 0.3 is 0 Å². The molecule has 0 fully saturated rings. The van der Waals surface area contributed by atoms with Crippen LogP contribution in [0.15, 0.2) is 71.6 Å². The van der Waals surface area contributed by atoms with Gasteiger partial charge in [-0.15, -0.1) is 0 Å². The maximum absolute atomic E-state index is 13.5. The molecule has 33 heavy (non-hydrogen) atoms. The molecule has 0 aromatic heterocycles. The molecule has 0 unspecified atom stereocenters. The SMILES string of the molecule is CCc1cccc(CC)c1NC(=O)CN(Cc1cccc(C)c1)S(=O)(=O)c1ccc(C)cc1. The molecule has 0 aliphatic carbocycles. The molecular weight excluding hydrogens is 432 g/mol. The highest BCUT2D eigenvalue weighted by molar-refractivity contribution is 7.89. The first kappa shape index (κ1) is 24.7. The van der Waals surface area contributed by atoms with E-state index >= 15 is 0 Å². The minimum absolute atomic E-state index is 0.112. The summed E-state index contributed by atoms with van der Waals surface area (Å²) in [7, 11) is -3.88. The van der Waals surface area contributed by atoms with Gasteiger partial charge in [0, 0.05) is 12.2 Å². The predicted molar refractivity (Wildman–Crippen MR) is 134 cm³/mol. The second-order valence-electron chi connectivity index (χ2n) is 8.28. The summed E-state index contributed by atoms with van der Waals surface area (Å²) in [6, 6.07) is 20.4. The standard InChI is InChI=1S/C27H32N2O3S/c1-5-23-11-8-12-24(6-2)27(23)28-26(30)19-29(18-22-10-7-9-21(4)17-22)33(31,32)25-15-13-20(3)14-16-25/h7-17H,5-6,18-19H2,1-4H3,(H,28,30).